The molecule has 0 aliphatic heterocycles. The Labute approximate surface area is 156 Å². The summed E-state index contributed by atoms with van der Waals surface area (Å²) < 4.78 is 3.27. The molecular formula is C22H16N4O. The Hall–Kier alpha value is -3.91. The molecular weight excluding hydrogens is 336 g/mol. The van der Waals surface area contributed by atoms with Crippen molar-refractivity contribution in [1.29, 1.82) is 5.26 Å². The first-order chi connectivity index (χ1) is 13.2. The van der Waals surface area contributed by atoms with Crippen molar-refractivity contribution in [3.8, 4) is 23.0 Å². The fourth-order valence-corrected chi connectivity index (χ4v) is 2.89. The molecule has 0 N–H and O–H groups in total. The largest absolute Gasteiger partial charge is 0.289 e. The van der Waals surface area contributed by atoms with E-state index in [9.17, 15) is 4.79 Å². The second kappa shape index (κ2) is 6.77. The minimum atomic E-state index is -0.194. The van der Waals surface area contributed by atoms with E-state index in [1.54, 1.807) is 47.4 Å². The normalized spacial score (nSPS) is 10.5. The van der Waals surface area contributed by atoms with Crippen LogP contribution in [0, 0.1) is 18.3 Å². The van der Waals surface area contributed by atoms with Crippen LogP contribution in [0.3, 0.4) is 0 Å². The van der Waals surface area contributed by atoms with Gasteiger partial charge in [0.25, 0.3) is 5.91 Å². The highest BCUT2D eigenvalue weighted by Gasteiger charge is 2.17. The first-order valence-corrected chi connectivity index (χ1v) is 8.51. The molecule has 4 rings (SSSR count). The molecule has 5 nitrogen and oxygen atoms in total. The first-order valence-electron chi connectivity index (χ1n) is 8.51. The van der Waals surface area contributed by atoms with E-state index in [-0.39, 0.29) is 5.91 Å². The summed E-state index contributed by atoms with van der Waals surface area (Å²) in [4.78, 5) is 12.7. The molecule has 0 amide bonds. The zero-order valence-corrected chi connectivity index (χ0v) is 14.7. The van der Waals surface area contributed by atoms with Crippen molar-refractivity contribution in [3.05, 3.63) is 95.9 Å². The maximum Gasteiger partial charge on any atom is 0.282 e. The van der Waals surface area contributed by atoms with Crippen molar-refractivity contribution in [1.82, 2.24) is 14.3 Å². The molecule has 0 aliphatic carbocycles. The van der Waals surface area contributed by atoms with Crippen molar-refractivity contribution in [2.75, 3.05) is 0 Å². The summed E-state index contributed by atoms with van der Waals surface area (Å²) in [6.07, 6.45) is 3.41. The molecule has 0 saturated carbocycles. The van der Waals surface area contributed by atoms with Crippen molar-refractivity contribution >= 4 is 5.91 Å². The number of hydrogen-bond acceptors (Lipinski definition) is 3. The standard InChI is InChI=1S/C22H16N4O/c1-16-4-10-19(11-5-16)26-21(18-8-6-17(15-23)7-9-18)14-20(24-26)22(27)25-12-2-3-13-25/h2-14H,1H3. The molecule has 0 atom stereocenters. The highest BCUT2D eigenvalue weighted by molar-refractivity contribution is 5.95. The maximum absolute atomic E-state index is 12.7. The van der Waals surface area contributed by atoms with Crippen LogP contribution in [-0.4, -0.2) is 20.3 Å². The Morgan fingerprint density at radius 1 is 1.00 bits per heavy atom. The second-order valence-corrected chi connectivity index (χ2v) is 6.25. The molecule has 0 bridgehead atoms. The predicted octanol–water partition coefficient (Wildman–Crippen LogP) is 4.21. The first kappa shape index (κ1) is 16.6. The number of hydrogen-bond donors (Lipinski definition) is 0. The van der Waals surface area contributed by atoms with E-state index in [2.05, 4.69) is 11.2 Å². The number of carbonyl (C=O) groups excluding carboxylic acids is 1. The third-order valence-corrected chi connectivity index (χ3v) is 4.36. The minimum absolute atomic E-state index is 0.194. The minimum Gasteiger partial charge on any atom is -0.289 e. The second-order valence-electron chi connectivity index (χ2n) is 6.25. The lowest BCUT2D eigenvalue weighted by Gasteiger charge is -2.08. The number of carbonyl (C=O) groups is 1. The fourth-order valence-electron chi connectivity index (χ4n) is 2.89. The van der Waals surface area contributed by atoms with Crippen LogP contribution >= 0.6 is 0 Å². The van der Waals surface area contributed by atoms with Gasteiger partial charge in [0.2, 0.25) is 0 Å². The average Bonchev–Trinajstić information content (AvgIpc) is 3.38. The molecule has 0 saturated heterocycles. The van der Waals surface area contributed by atoms with Crippen molar-refractivity contribution in [2.45, 2.75) is 6.92 Å². The molecule has 5 heteroatoms. The predicted molar refractivity (Wildman–Crippen MR) is 103 cm³/mol. The van der Waals surface area contributed by atoms with E-state index in [1.807, 2.05) is 43.3 Å². The van der Waals surface area contributed by atoms with Crippen LogP contribution in [0.15, 0.2) is 79.1 Å². The number of rotatable bonds is 3. The third-order valence-electron chi connectivity index (χ3n) is 4.36. The number of aryl methyl sites for hydroxylation is 1. The molecule has 130 valence electrons. The average molecular weight is 352 g/mol. The van der Waals surface area contributed by atoms with Crippen LogP contribution < -0.4 is 0 Å². The van der Waals surface area contributed by atoms with Crippen molar-refractivity contribution in [3.63, 3.8) is 0 Å². The summed E-state index contributed by atoms with van der Waals surface area (Å²) in [5, 5.41) is 13.6. The lowest BCUT2D eigenvalue weighted by molar-refractivity contribution is 0.0955. The summed E-state index contributed by atoms with van der Waals surface area (Å²) in [5.74, 6) is -0.194. The van der Waals surface area contributed by atoms with Crippen LogP contribution in [0.2, 0.25) is 0 Å². The van der Waals surface area contributed by atoms with Crippen LogP contribution in [-0.2, 0) is 0 Å². The smallest absolute Gasteiger partial charge is 0.282 e. The van der Waals surface area contributed by atoms with Crippen molar-refractivity contribution in [2.24, 2.45) is 0 Å². The number of aromatic nitrogens is 3. The van der Waals surface area contributed by atoms with Gasteiger partial charge in [0, 0.05) is 18.0 Å². The van der Waals surface area contributed by atoms with Crippen molar-refractivity contribution < 1.29 is 4.79 Å². The highest BCUT2D eigenvalue weighted by atomic mass is 16.2. The van der Waals surface area contributed by atoms with Gasteiger partial charge in [-0.05, 0) is 49.4 Å². The Balaban J connectivity index is 1.85. The van der Waals surface area contributed by atoms with Crippen LogP contribution in [0.25, 0.3) is 16.9 Å². The maximum atomic E-state index is 12.7. The summed E-state index contributed by atoms with van der Waals surface area (Å²) >= 11 is 0. The number of nitrogens with zero attached hydrogens (tertiary/aromatic N) is 4. The summed E-state index contributed by atoms with van der Waals surface area (Å²) in [6, 6.07) is 22.7. The van der Waals surface area contributed by atoms with E-state index in [0.29, 0.717) is 11.3 Å². The quantitative estimate of drug-likeness (QED) is 0.555. The van der Waals surface area contributed by atoms with Gasteiger partial charge in [0.05, 0.1) is 23.0 Å². The summed E-state index contributed by atoms with van der Waals surface area (Å²) in [7, 11) is 0. The van der Waals surface area contributed by atoms with E-state index >= 15 is 0 Å². The van der Waals surface area contributed by atoms with Gasteiger partial charge in [-0.1, -0.05) is 29.8 Å². The van der Waals surface area contributed by atoms with Gasteiger partial charge in [0.15, 0.2) is 5.69 Å². The Morgan fingerprint density at radius 3 is 2.30 bits per heavy atom. The van der Waals surface area contributed by atoms with E-state index < -0.39 is 0 Å². The summed E-state index contributed by atoms with van der Waals surface area (Å²) in [6.45, 7) is 2.02. The number of nitriles is 1. The molecule has 4 aromatic rings. The fraction of sp³-hybridized carbons (Fsp3) is 0.0455. The van der Waals surface area contributed by atoms with Gasteiger partial charge in [-0.2, -0.15) is 10.4 Å². The van der Waals surface area contributed by atoms with E-state index in [0.717, 1.165) is 22.5 Å². The highest BCUT2D eigenvalue weighted by Crippen LogP contribution is 2.25. The van der Waals surface area contributed by atoms with Gasteiger partial charge in [-0.25, -0.2) is 4.68 Å². The van der Waals surface area contributed by atoms with Gasteiger partial charge in [-0.3, -0.25) is 9.36 Å². The molecule has 2 aromatic heterocycles. The zero-order valence-electron chi connectivity index (χ0n) is 14.7. The SMILES string of the molecule is Cc1ccc(-n2nc(C(=O)n3cccc3)cc2-c2ccc(C#N)cc2)cc1. The molecule has 0 fully saturated rings. The lowest BCUT2D eigenvalue weighted by atomic mass is 10.1. The topological polar surface area (TPSA) is 63.6 Å². The lowest BCUT2D eigenvalue weighted by Crippen LogP contribution is -2.11. The Bertz CT molecular complexity index is 1130. The van der Waals surface area contributed by atoms with Gasteiger partial charge in [-0.15, -0.1) is 0 Å². The van der Waals surface area contributed by atoms with Gasteiger partial charge < -0.3 is 0 Å². The zero-order chi connectivity index (χ0) is 18.8. The van der Waals surface area contributed by atoms with Crippen LogP contribution in [0.5, 0.6) is 0 Å². The molecule has 0 radical (unpaired) electrons. The van der Waals surface area contributed by atoms with Gasteiger partial charge in [0.1, 0.15) is 0 Å². The molecule has 2 heterocycles. The third kappa shape index (κ3) is 3.16. The summed E-state index contributed by atoms with van der Waals surface area (Å²) in [5.41, 5.74) is 4.63. The van der Waals surface area contributed by atoms with Gasteiger partial charge >= 0.3 is 0 Å². The molecule has 27 heavy (non-hydrogen) atoms. The number of benzene rings is 2. The molecule has 2 aromatic carbocycles. The molecule has 0 unspecified atom stereocenters. The molecule has 0 spiro atoms. The Kier molecular flexibility index (Phi) is 4.15. The Morgan fingerprint density at radius 2 is 1.67 bits per heavy atom. The van der Waals surface area contributed by atoms with Crippen LogP contribution in [0.4, 0.5) is 0 Å². The monoisotopic (exact) mass is 352 g/mol. The van der Waals surface area contributed by atoms with Crippen LogP contribution in [0.1, 0.15) is 21.6 Å². The van der Waals surface area contributed by atoms with E-state index in [1.165, 1.54) is 4.57 Å². The van der Waals surface area contributed by atoms with E-state index in [4.69, 9.17) is 5.26 Å². The molecule has 0 aliphatic rings.